The van der Waals surface area contributed by atoms with Gasteiger partial charge in [0.15, 0.2) is 5.65 Å². The van der Waals surface area contributed by atoms with E-state index in [1.54, 1.807) is 10.7 Å². The standard InChI is InChI=1S/C25H34N4O/c1-6-8-9-19(7-2)14-27-25(30)22-15-26-24-23(16-28-29(24)18(22)5)21-12-10-20(11-13-21)17(3)4/h10-13,15-17,19H,6-9,14H2,1-5H3,(H,27,30). The van der Waals surface area contributed by atoms with E-state index in [4.69, 9.17) is 0 Å². The first kappa shape index (κ1) is 22.0. The predicted molar refractivity (Wildman–Crippen MR) is 123 cm³/mol. The van der Waals surface area contributed by atoms with Crippen LogP contribution in [0.25, 0.3) is 16.8 Å². The molecule has 1 amide bonds. The quantitative estimate of drug-likeness (QED) is 0.490. The second-order valence-electron chi connectivity index (χ2n) is 8.45. The van der Waals surface area contributed by atoms with Crippen LogP contribution in [0.2, 0.25) is 0 Å². The number of unbranched alkanes of at least 4 members (excludes halogenated alkanes) is 1. The van der Waals surface area contributed by atoms with Crippen molar-refractivity contribution in [2.75, 3.05) is 6.54 Å². The summed E-state index contributed by atoms with van der Waals surface area (Å²) in [5.74, 6) is 0.949. The van der Waals surface area contributed by atoms with Gasteiger partial charge in [0.2, 0.25) is 0 Å². The van der Waals surface area contributed by atoms with E-state index in [1.165, 1.54) is 18.4 Å². The SMILES string of the molecule is CCCCC(CC)CNC(=O)c1cnc2c(-c3ccc(C(C)C)cc3)cnn2c1C. The van der Waals surface area contributed by atoms with Gasteiger partial charge in [0.05, 0.1) is 17.5 Å². The lowest BCUT2D eigenvalue weighted by Gasteiger charge is -2.16. The summed E-state index contributed by atoms with van der Waals surface area (Å²) in [4.78, 5) is 17.4. The molecule has 0 aliphatic heterocycles. The molecule has 0 aliphatic carbocycles. The van der Waals surface area contributed by atoms with Crippen LogP contribution in [-0.4, -0.2) is 27.0 Å². The Kier molecular flexibility index (Phi) is 7.24. The van der Waals surface area contributed by atoms with Gasteiger partial charge in [0.25, 0.3) is 5.91 Å². The van der Waals surface area contributed by atoms with E-state index in [2.05, 4.69) is 67.4 Å². The lowest BCUT2D eigenvalue weighted by molar-refractivity contribution is 0.0944. The Balaban J connectivity index is 1.80. The molecule has 1 aromatic carbocycles. The van der Waals surface area contributed by atoms with Gasteiger partial charge in [0.1, 0.15) is 0 Å². The molecule has 1 unspecified atom stereocenters. The Bertz CT molecular complexity index is 988. The summed E-state index contributed by atoms with van der Waals surface area (Å²) in [6.45, 7) is 11.4. The maximum Gasteiger partial charge on any atom is 0.254 e. The zero-order valence-electron chi connectivity index (χ0n) is 18.9. The number of aromatic nitrogens is 3. The van der Waals surface area contributed by atoms with Crippen molar-refractivity contribution in [2.24, 2.45) is 5.92 Å². The van der Waals surface area contributed by atoms with Gasteiger partial charge in [-0.3, -0.25) is 4.79 Å². The zero-order valence-corrected chi connectivity index (χ0v) is 18.9. The number of hydrogen-bond donors (Lipinski definition) is 1. The molecule has 1 N–H and O–H groups in total. The number of hydrogen-bond acceptors (Lipinski definition) is 3. The molecule has 2 heterocycles. The molecule has 1 atom stereocenters. The van der Waals surface area contributed by atoms with Crippen LogP contribution >= 0.6 is 0 Å². The van der Waals surface area contributed by atoms with Crippen molar-refractivity contribution in [1.82, 2.24) is 19.9 Å². The van der Waals surface area contributed by atoms with Crippen molar-refractivity contribution >= 4 is 11.6 Å². The van der Waals surface area contributed by atoms with Crippen molar-refractivity contribution in [2.45, 2.75) is 66.2 Å². The Morgan fingerprint density at radius 2 is 1.87 bits per heavy atom. The highest BCUT2D eigenvalue weighted by Crippen LogP contribution is 2.26. The average Bonchev–Trinajstić information content (AvgIpc) is 3.19. The van der Waals surface area contributed by atoms with Crippen LogP contribution in [-0.2, 0) is 0 Å². The highest BCUT2D eigenvalue weighted by Gasteiger charge is 2.17. The third-order valence-electron chi connectivity index (χ3n) is 5.99. The molecule has 0 fully saturated rings. The normalized spacial score (nSPS) is 12.5. The topological polar surface area (TPSA) is 59.3 Å². The largest absolute Gasteiger partial charge is 0.352 e. The summed E-state index contributed by atoms with van der Waals surface area (Å²) in [5.41, 5.74) is 5.53. The van der Waals surface area contributed by atoms with Crippen LogP contribution < -0.4 is 5.32 Å². The predicted octanol–water partition coefficient (Wildman–Crippen LogP) is 5.77. The third kappa shape index (κ3) is 4.72. The summed E-state index contributed by atoms with van der Waals surface area (Å²) >= 11 is 0. The summed E-state index contributed by atoms with van der Waals surface area (Å²) in [6, 6.07) is 8.54. The molecular weight excluding hydrogens is 372 g/mol. The Morgan fingerprint density at radius 3 is 2.50 bits per heavy atom. The highest BCUT2D eigenvalue weighted by atomic mass is 16.1. The molecule has 0 radical (unpaired) electrons. The monoisotopic (exact) mass is 406 g/mol. The van der Waals surface area contributed by atoms with E-state index < -0.39 is 0 Å². The molecular formula is C25H34N4O. The summed E-state index contributed by atoms with van der Waals surface area (Å²) in [5, 5.41) is 7.62. The molecule has 0 saturated heterocycles. The van der Waals surface area contributed by atoms with Crippen molar-refractivity contribution in [3.63, 3.8) is 0 Å². The second kappa shape index (κ2) is 9.88. The van der Waals surface area contributed by atoms with Crippen LogP contribution in [0.5, 0.6) is 0 Å². The second-order valence-corrected chi connectivity index (χ2v) is 8.45. The first-order valence-electron chi connectivity index (χ1n) is 11.2. The minimum atomic E-state index is -0.0739. The van der Waals surface area contributed by atoms with E-state index in [9.17, 15) is 4.79 Å². The fraction of sp³-hybridized carbons (Fsp3) is 0.480. The van der Waals surface area contributed by atoms with Gasteiger partial charge in [-0.1, -0.05) is 71.2 Å². The van der Waals surface area contributed by atoms with Crippen LogP contribution in [0.4, 0.5) is 0 Å². The van der Waals surface area contributed by atoms with Crippen molar-refractivity contribution in [3.05, 3.63) is 53.5 Å². The van der Waals surface area contributed by atoms with E-state index >= 15 is 0 Å². The number of aryl methyl sites for hydroxylation is 1. The molecule has 0 spiro atoms. The van der Waals surface area contributed by atoms with E-state index in [-0.39, 0.29) is 5.91 Å². The fourth-order valence-corrected chi connectivity index (χ4v) is 3.79. The average molecular weight is 407 g/mol. The molecule has 30 heavy (non-hydrogen) atoms. The van der Waals surface area contributed by atoms with Gasteiger partial charge in [-0.25, -0.2) is 9.50 Å². The number of carbonyl (C=O) groups excluding carboxylic acids is 1. The zero-order chi connectivity index (χ0) is 21.7. The smallest absolute Gasteiger partial charge is 0.254 e. The molecule has 0 saturated carbocycles. The van der Waals surface area contributed by atoms with E-state index in [1.807, 2.05) is 13.1 Å². The van der Waals surface area contributed by atoms with Crippen molar-refractivity contribution in [1.29, 1.82) is 0 Å². The molecule has 3 rings (SSSR count). The van der Waals surface area contributed by atoms with Crippen LogP contribution in [0, 0.1) is 12.8 Å². The number of carbonyl (C=O) groups is 1. The van der Waals surface area contributed by atoms with Crippen LogP contribution in [0.1, 0.15) is 80.9 Å². The molecule has 0 aliphatic rings. The number of nitrogens with zero attached hydrogens (tertiary/aromatic N) is 3. The third-order valence-corrected chi connectivity index (χ3v) is 5.99. The number of fused-ring (bicyclic) bond motifs is 1. The van der Waals surface area contributed by atoms with Gasteiger partial charge in [0, 0.05) is 18.3 Å². The summed E-state index contributed by atoms with van der Waals surface area (Å²) in [6.07, 6.45) is 8.14. The van der Waals surface area contributed by atoms with Gasteiger partial charge in [-0.15, -0.1) is 0 Å². The minimum absolute atomic E-state index is 0.0739. The minimum Gasteiger partial charge on any atom is -0.352 e. The van der Waals surface area contributed by atoms with E-state index in [0.717, 1.165) is 35.3 Å². The molecule has 160 valence electrons. The maximum atomic E-state index is 12.8. The van der Waals surface area contributed by atoms with Gasteiger partial charge in [-0.05, 0) is 36.3 Å². The summed E-state index contributed by atoms with van der Waals surface area (Å²) in [7, 11) is 0. The molecule has 5 nitrogen and oxygen atoms in total. The van der Waals surface area contributed by atoms with Gasteiger partial charge < -0.3 is 5.32 Å². The van der Waals surface area contributed by atoms with Crippen LogP contribution in [0.15, 0.2) is 36.7 Å². The summed E-state index contributed by atoms with van der Waals surface area (Å²) < 4.78 is 1.77. The number of nitrogens with one attached hydrogen (secondary N) is 1. The van der Waals surface area contributed by atoms with Crippen molar-refractivity contribution in [3.8, 4) is 11.1 Å². The lowest BCUT2D eigenvalue weighted by atomic mass is 9.99. The van der Waals surface area contributed by atoms with Crippen LogP contribution in [0.3, 0.4) is 0 Å². The number of amides is 1. The molecule has 0 bridgehead atoms. The Morgan fingerprint density at radius 1 is 1.13 bits per heavy atom. The highest BCUT2D eigenvalue weighted by molar-refractivity contribution is 5.95. The fourth-order valence-electron chi connectivity index (χ4n) is 3.79. The molecule has 3 aromatic rings. The number of rotatable bonds is 9. The molecule has 2 aromatic heterocycles. The number of benzene rings is 1. The maximum absolute atomic E-state index is 12.8. The Labute approximate surface area is 179 Å². The Hall–Kier alpha value is -2.69. The lowest BCUT2D eigenvalue weighted by Crippen LogP contribution is -2.30. The van der Waals surface area contributed by atoms with Gasteiger partial charge >= 0.3 is 0 Å². The van der Waals surface area contributed by atoms with Crippen molar-refractivity contribution < 1.29 is 4.79 Å². The first-order chi connectivity index (χ1) is 14.5. The van der Waals surface area contributed by atoms with E-state index in [0.29, 0.717) is 23.9 Å². The molecule has 5 heteroatoms. The first-order valence-corrected chi connectivity index (χ1v) is 11.2. The van der Waals surface area contributed by atoms with Gasteiger partial charge in [-0.2, -0.15) is 5.10 Å².